The zero-order valence-electron chi connectivity index (χ0n) is 18.3. The van der Waals surface area contributed by atoms with Gasteiger partial charge in [0.15, 0.2) is 6.61 Å². The highest BCUT2D eigenvalue weighted by atomic mass is 35.5. The second kappa shape index (κ2) is 10.2. The quantitative estimate of drug-likeness (QED) is 0.411. The molecule has 2 heterocycles. The van der Waals surface area contributed by atoms with E-state index < -0.39 is 24.4 Å². The first kappa shape index (κ1) is 23.0. The van der Waals surface area contributed by atoms with Crippen LogP contribution in [0.4, 0.5) is 0 Å². The first-order valence-electron chi connectivity index (χ1n) is 10.4. The van der Waals surface area contributed by atoms with E-state index in [1.54, 1.807) is 53.0 Å². The molecule has 2 aromatic carbocycles. The van der Waals surface area contributed by atoms with Gasteiger partial charge in [-0.25, -0.2) is 4.68 Å². The second-order valence-corrected chi connectivity index (χ2v) is 7.95. The summed E-state index contributed by atoms with van der Waals surface area (Å²) in [5, 5.41) is 7.44. The summed E-state index contributed by atoms with van der Waals surface area (Å²) in [7, 11) is 1.69. The number of aromatic nitrogens is 3. The third-order valence-corrected chi connectivity index (χ3v) is 5.31. The molecule has 0 bridgehead atoms. The van der Waals surface area contributed by atoms with Crippen molar-refractivity contribution in [2.75, 3.05) is 6.61 Å². The van der Waals surface area contributed by atoms with Crippen LogP contribution in [0.15, 0.2) is 79.1 Å². The molecule has 0 unspecified atom stereocenters. The standard InChI is InChI=1S/C25H21ClN4O4/c1-29-13-5-8-21(29)25(33)27-22(31)16-34-23(32)14-18-15-30(20-6-3-2-4-7-20)28-24(18)17-9-11-19(26)12-10-17/h2-13,15H,14,16H2,1H3,(H,27,31,33). The third kappa shape index (κ3) is 5.41. The average molecular weight is 477 g/mol. The van der Waals surface area contributed by atoms with Crippen LogP contribution in [-0.2, 0) is 27.8 Å². The van der Waals surface area contributed by atoms with Crippen LogP contribution in [0.25, 0.3) is 16.9 Å². The van der Waals surface area contributed by atoms with Gasteiger partial charge in [0, 0.05) is 35.6 Å². The van der Waals surface area contributed by atoms with E-state index in [0.717, 1.165) is 11.3 Å². The number of aryl methyl sites for hydroxylation is 1. The molecule has 0 fully saturated rings. The van der Waals surface area contributed by atoms with E-state index in [-0.39, 0.29) is 6.42 Å². The van der Waals surface area contributed by atoms with Crippen LogP contribution in [0.2, 0.25) is 5.02 Å². The zero-order valence-corrected chi connectivity index (χ0v) is 19.0. The second-order valence-electron chi connectivity index (χ2n) is 7.51. The van der Waals surface area contributed by atoms with Crippen molar-refractivity contribution in [3.8, 4) is 16.9 Å². The van der Waals surface area contributed by atoms with Crippen molar-refractivity contribution in [2.24, 2.45) is 7.05 Å². The molecule has 4 aromatic rings. The number of hydrogen-bond acceptors (Lipinski definition) is 5. The first-order chi connectivity index (χ1) is 16.4. The Morgan fingerprint density at radius 3 is 2.41 bits per heavy atom. The minimum atomic E-state index is -0.711. The van der Waals surface area contributed by atoms with Gasteiger partial charge in [-0.05, 0) is 36.4 Å². The Bertz CT molecular complexity index is 1330. The molecule has 9 heteroatoms. The average Bonchev–Trinajstić information content (AvgIpc) is 3.45. The lowest BCUT2D eigenvalue weighted by molar-refractivity contribution is -0.147. The summed E-state index contributed by atoms with van der Waals surface area (Å²) in [6.07, 6.45) is 3.33. The molecule has 172 valence electrons. The summed E-state index contributed by atoms with van der Waals surface area (Å²) in [4.78, 5) is 36.7. The number of halogens is 1. The number of ether oxygens (including phenoxy) is 1. The van der Waals surface area contributed by atoms with Crippen LogP contribution >= 0.6 is 11.6 Å². The number of carbonyl (C=O) groups is 3. The largest absolute Gasteiger partial charge is 0.455 e. The van der Waals surface area contributed by atoms with Crippen molar-refractivity contribution in [3.05, 3.63) is 95.4 Å². The van der Waals surface area contributed by atoms with Crippen molar-refractivity contribution in [3.63, 3.8) is 0 Å². The molecular formula is C25H21ClN4O4. The first-order valence-corrected chi connectivity index (χ1v) is 10.8. The predicted octanol–water partition coefficient (Wildman–Crippen LogP) is 3.57. The van der Waals surface area contributed by atoms with Crippen molar-refractivity contribution >= 4 is 29.4 Å². The molecule has 4 rings (SSSR count). The number of para-hydroxylation sites is 1. The number of esters is 1. The van der Waals surface area contributed by atoms with Gasteiger partial charge < -0.3 is 9.30 Å². The highest BCUT2D eigenvalue weighted by Crippen LogP contribution is 2.26. The lowest BCUT2D eigenvalue weighted by Gasteiger charge is -2.07. The maximum atomic E-state index is 12.5. The van der Waals surface area contributed by atoms with Crippen LogP contribution < -0.4 is 5.32 Å². The van der Waals surface area contributed by atoms with Crippen molar-refractivity contribution in [1.82, 2.24) is 19.7 Å². The van der Waals surface area contributed by atoms with Crippen molar-refractivity contribution in [2.45, 2.75) is 6.42 Å². The number of amides is 2. The van der Waals surface area contributed by atoms with Crippen molar-refractivity contribution in [1.29, 1.82) is 0 Å². The smallest absolute Gasteiger partial charge is 0.310 e. The SMILES string of the molecule is Cn1cccc1C(=O)NC(=O)COC(=O)Cc1cn(-c2ccccc2)nc1-c1ccc(Cl)cc1. The van der Waals surface area contributed by atoms with Gasteiger partial charge in [-0.3, -0.25) is 19.7 Å². The molecular weight excluding hydrogens is 456 g/mol. The minimum absolute atomic E-state index is 0.107. The molecule has 0 aliphatic carbocycles. The lowest BCUT2D eigenvalue weighted by Crippen LogP contribution is -2.35. The fourth-order valence-corrected chi connectivity index (χ4v) is 3.51. The van der Waals surface area contributed by atoms with Crippen LogP contribution in [0.5, 0.6) is 0 Å². The van der Waals surface area contributed by atoms with Gasteiger partial charge in [0.25, 0.3) is 11.8 Å². The van der Waals surface area contributed by atoms with E-state index in [1.165, 1.54) is 0 Å². The third-order valence-electron chi connectivity index (χ3n) is 5.06. The number of benzene rings is 2. The zero-order chi connectivity index (χ0) is 24.1. The maximum absolute atomic E-state index is 12.5. The number of imide groups is 1. The molecule has 0 saturated carbocycles. The Kier molecular flexibility index (Phi) is 6.89. The van der Waals surface area contributed by atoms with E-state index >= 15 is 0 Å². The molecule has 2 amide bonds. The fourth-order valence-electron chi connectivity index (χ4n) is 3.38. The molecule has 0 spiro atoms. The van der Waals surface area contributed by atoms with Crippen LogP contribution in [0.3, 0.4) is 0 Å². The Balaban J connectivity index is 1.45. The Hall–Kier alpha value is -4.17. The predicted molar refractivity (Wildman–Crippen MR) is 127 cm³/mol. The van der Waals surface area contributed by atoms with Crippen LogP contribution in [0.1, 0.15) is 16.1 Å². The number of carbonyl (C=O) groups excluding carboxylic acids is 3. The van der Waals surface area contributed by atoms with Gasteiger partial charge in [0.1, 0.15) is 5.69 Å². The van der Waals surface area contributed by atoms with Crippen LogP contribution in [-0.4, -0.2) is 38.7 Å². The highest BCUT2D eigenvalue weighted by molar-refractivity contribution is 6.30. The molecule has 34 heavy (non-hydrogen) atoms. The van der Waals surface area contributed by atoms with Gasteiger partial charge in [-0.2, -0.15) is 5.10 Å². The Labute approximate surface area is 200 Å². The van der Waals surface area contributed by atoms with Gasteiger partial charge in [-0.15, -0.1) is 0 Å². The monoisotopic (exact) mass is 476 g/mol. The van der Waals surface area contributed by atoms with Gasteiger partial charge in [0.05, 0.1) is 17.8 Å². The Morgan fingerprint density at radius 2 is 1.74 bits per heavy atom. The Morgan fingerprint density at radius 1 is 1.00 bits per heavy atom. The van der Waals surface area contributed by atoms with E-state index in [4.69, 9.17) is 16.3 Å². The molecule has 2 aromatic heterocycles. The molecule has 0 saturated heterocycles. The van der Waals surface area contributed by atoms with Crippen LogP contribution in [0, 0.1) is 0 Å². The molecule has 8 nitrogen and oxygen atoms in total. The van der Waals surface area contributed by atoms with E-state index in [1.807, 2.05) is 42.5 Å². The van der Waals surface area contributed by atoms with E-state index in [2.05, 4.69) is 10.4 Å². The number of hydrogen-bond donors (Lipinski definition) is 1. The molecule has 0 aliphatic rings. The fraction of sp³-hybridized carbons (Fsp3) is 0.120. The number of nitrogens with one attached hydrogen (secondary N) is 1. The molecule has 0 radical (unpaired) electrons. The topological polar surface area (TPSA) is 95.2 Å². The maximum Gasteiger partial charge on any atom is 0.310 e. The van der Waals surface area contributed by atoms with Gasteiger partial charge in [0.2, 0.25) is 0 Å². The summed E-state index contributed by atoms with van der Waals surface area (Å²) in [5.74, 6) is -1.90. The normalized spacial score (nSPS) is 10.6. The van der Waals surface area contributed by atoms with E-state index in [0.29, 0.717) is 22.0 Å². The number of nitrogens with zero attached hydrogens (tertiary/aromatic N) is 3. The summed E-state index contributed by atoms with van der Waals surface area (Å²) < 4.78 is 8.37. The molecule has 0 atom stereocenters. The van der Waals surface area contributed by atoms with E-state index in [9.17, 15) is 14.4 Å². The summed E-state index contributed by atoms with van der Waals surface area (Å²) in [6.45, 7) is -0.571. The van der Waals surface area contributed by atoms with Crippen molar-refractivity contribution < 1.29 is 19.1 Å². The molecule has 1 N–H and O–H groups in total. The minimum Gasteiger partial charge on any atom is -0.455 e. The number of rotatable bonds is 7. The summed E-state index contributed by atoms with van der Waals surface area (Å²) in [5.41, 5.74) is 3.15. The highest BCUT2D eigenvalue weighted by Gasteiger charge is 2.18. The molecule has 0 aliphatic heterocycles. The summed E-state index contributed by atoms with van der Waals surface area (Å²) in [6, 6.07) is 19.9. The lowest BCUT2D eigenvalue weighted by atomic mass is 10.1. The van der Waals surface area contributed by atoms with Gasteiger partial charge >= 0.3 is 5.97 Å². The summed E-state index contributed by atoms with van der Waals surface area (Å²) >= 11 is 6.01. The van der Waals surface area contributed by atoms with Gasteiger partial charge in [-0.1, -0.05) is 41.9 Å².